The number of methoxy groups -OCH3 is 1. The monoisotopic (exact) mass is 290 g/mol. The van der Waals surface area contributed by atoms with Gasteiger partial charge in [0.2, 0.25) is 11.8 Å². The molecule has 0 aliphatic carbocycles. The highest BCUT2D eigenvalue weighted by atomic mass is 16.5. The molecule has 0 unspecified atom stereocenters. The van der Waals surface area contributed by atoms with Crippen molar-refractivity contribution in [3.05, 3.63) is 29.8 Å². The van der Waals surface area contributed by atoms with E-state index in [9.17, 15) is 14.4 Å². The van der Waals surface area contributed by atoms with Gasteiger partial charge in [-0.05, 0) is 31.5 Å². The van der Waals surface area contributed by atoms with E-state index in [1.54, 1.807) is 45.2 Å². The van der Waals surface area contributed by atoms with E-state index in [0.29, 0.717) is 5.75 Å². The van der Waals surface area contributed by atoms with Gasteiger partial charge in [0.05, 0.1) is 13.5 Å². The first-order valence-corrected chi connectivity index (χ1v) is 6.62. The van der Waals surface area contributed by atoms with E-state index < -0.39 is 17.4 Å². The predicted octanol–water partition coefficient (Wildman–Crippen LogP) is 0.501. The molecule has 112 valence electrons. The molecule has 0 aromatic heterocycles. The number of carbonyl (C=O) groups excluding carboxylic acids is 3. The Labute approximate surface area is 123 Å². The molecule has 1 aromatic rings. The van der Waals surface area contributed by atoms with Crippen LogP contribution in [0.2, 0.25) is 0 Å². The highest BCUT2D eigenvalue weighted by Gasteiger charge is 2.43. The lowest BCUT2D eigenvalue weighted by Gasteiger charge is -2.40. The fourth-order valence-corrected chi connectivity index (χ4v) is 2.20. The molecule has 1 fully saturated rings. The fraction of sp³-hybridized carbons (Fsp3) is 0.400. The molecule has 0 bridgehead atoms. The van der Waals surface area contributed by atoms with Crippen LogP contribution in [0.5, 0.6) is 5.75 Å². The third kappa shape index (κ3) is 3.04. The van der Waals surface area contributed by atoms with Crippen LogP contribution >= 0.6 is 0 Å². The van der Waals surface area contributed by atoms with Crippen molar-refractivity contribution < 1.29 is 19.1 Å². The minimum Gasteiger partial charge on any atom is -0.497 e. The number of rotatable bonds is 3. The second-order valence-electron chi connectivity index (χ2n) is 5.44. The maximum atomic E-state index is 12.4. The number of ether oxygens (including phenoxy) is 1. The summed E-state index contributed by atoms with van der Waals surface area (Å²) in [6.45, 7) is 3.15. The van der Waals surface area contributed by atoms with Gasteiger partial charge in [-0.1, -0.05) is 12.1 Å². The van der Waals surface area contributed by atoms with Gasteiger partial charge < -0.3 is 9.64 Å². The molecule has 0 radical (unpaired) electrons. The number of benzene rings is 1. The minimum absolute atomic E-state index is 0.103. The van der Waals surface area contributed by atoms with Gasteiger partial charge >= 0.3 is 0 Å². The quantitative estimate of drug-likeness (QED) is 0.823. The van der Waals surface area contributed by atoms with Gasteiger partial charge in [0.15, 0.2) is 0 Å². The van der Waals surface area contributed by atoms with Crippen molar-refractivity contribution in [1.29, 1.82) is 0 Å². The fourth-order valence-electron chi connectivity index (χ4n) is 2.20. The Bertz CT molecular complexity index is 578. The third-order valence-electron chi connectivity index (χ3n) is 3.60. The molecule has 1 aliphatic heterocycles. The number of nitrogens with zero attached hydrogens (tertiary/aromatic N) is 1. The van der Waals surface area contributed by atoms with Crippen molar-refractivity contribution in [2.24, 2.45) is 0 Å². The predicted molar refractivity (Wildman–Crippen MR) is 75.6 cm³/mol. The van der Waals surface area contributed by atoms with Crippen molar-refractivity contribution in [1.82, 2.24) is 10.2 Å². The standard InChI is InChI=1S/C15H18N2O4/c1-15(2)14(20)16-12(18)9-17(15)13(19)8-10-4-6-11(21-3)7-5-10/h4-7H,8-9H2,1-3H3,(H,16,18,20). The molecule has 6 nitrogen and oxygen atoms in total. The number of carbonyl (C=O) groups is 3. The van der Waals surface area contributed by atoms with Gasteiger partial charge in [0, 0.05) is 0 Å². The molecule has 0 saturated carbocycles. The topological polar surface area (TPSA) is 75.7 Å². The molecule has 1 aromatic carbocycles. The number of piperazine rings is 1. The van der Waals surface area contributed by atoms with Crippen LogP contribution < -0.4 is 10.1 Å². The lowest BCUT2D eigenvalue weighted by Crippen LogP contribution is -2.65. The largest absolute Gasteiger partial charge is 0.497 e. The second-order valence-corrected chi connectivity index (χ2v) is 5.44. The smallest absolute Gasteiger partial charge is 0.252 e. The van der Waals surface area contributed by atoms with E-state index in [2.05, 4.69) is 5.32 Å². The van der Waals surface area contributed by atoms with Crippen molar-refractivity contribution in [3.8, 4) is 5.75 Å². The normalized spacial score (nSPS) is 17.4. The molecular formula is C15H18N2O4. The molecule has 1 aliphatic rings. The van der Waals surface area contributed by atoms with Gasteiger partial charge in [0.25, 0.3) is 5.91 Å². The molecule has 21 heavy (non-hydrogen) atoms. The van der Waals surface area contributed by atoms with Gasteiger partial charge in [0.1, 0.15) is 17.8 Å². The molecule has 0 atom stereocenters. The Morgan fingerprint density at radius 1 is 1.29 bits per heavy atom. The summed E-state index contributed by atoms with van der Waals surface area (Å²) < 4.78 is 5.06. The molecule has 1 N–H and O–H groups in total. The summed E-state index contributed by atoms with van der Waals surface area (Å²) in [5.41, 5.74) is -0.229. The number of hydrogen-bond donors (Lipinski definition) is 1. The van der Waals surface area contributed by atoms with Crippen molar-refractivity contribution in [2.45, 2.75) is 25.8 Å². The zero-order valence-corrected chi connectivity index (χ0v) is 12.3. The number of amides is 3. The van der Waals surface area contributed by atoms with Gasteiger partial charge in [-0.25, -0.2) is 0 Å². The maximum absolute atomic E-state index is 12.4. The Hall–Kier alpha value is -2.37. The second kappa shape index (κ2) is 5.55. The molecular weight excluding hydrogens is 272 g/mol. The Morgan fingerprint density at radius 3 is 2.48 bits per heavy atom. The summed E-state index contributed by atoms with van der Waals surface area (Å²) in [6.07, 6.45) is 0.133. The molecule has 2 rings (SSSR count). The Morgan fingerprint density at radius 2 is 1.90 bits per heavy atom. The summed E-state index contributed by atoms with van der Waals surface area (Å²) in [7, 11) is 1.57. The van der Waals surface area contributed by atoms with Crippen LogP contribution in [-0.2, 0) is 20.8 Å². The first kappa shape index (κ1) is 15.0. The zero-order valence-electron chi connectivity index (χ0n) is 12.3. The van der Waals surface area contributed by atoms with Crippen LogP contribution in [0.15, 0.2) is 24.3 Å². The first-order valence-electron chi connectivity index (χ1n) is 6.62. The van der Waals surface area contributed by atoms with Gasteiger partial charge in [-0.3, -0.25) is 19.7 Å². The van der Waals surface area contributed by atoms with Crippen molar-refractivity contribution in [2.75, 3.05) is 13.7 Å². The summed E-state index contributed by atoms with van der Waals surface area (Å²) in [5, 5.41) is 2.25. The van der Waals surface area contributed by atoms with Crippen molar-refractivity contribution in [3.63, 3.8) is 0 Å². The van der Waals surface area contributed by atoms with Gasteiger partial charge in [-0.15, -0.1) is 0 Å². The van der Waals surface area contributed by atoms with Crippen LogP contribution in [0.1, 0.15) is 19.4 Å². The van der Waals surface area contributed by atoms with Crippen LogP contribution in [-0.4, -0.2) is 41.8 Å². The third-order valence-corrected chi connectivity index (χ3v) is 3.60. The maximum Gasteiger partial charge on any atom is 0.252 e. The number of nitrogens with one attached hydrogen (secondary N) is 1. The van der Waals surface area contributed by atoms with Crippen molar-refractivity contribution >= 4 is 17.7 Å². The minimum atomic E-state index is -1.03. The number of hydrogen-bond acceptors (Lipinski definition) is 4. The Balaban J connectivity index is 2.14. The molecule has 1 heterocycles. The van der Waals surface area contributed by atoms with E-state index in [4.69, 9.17) is 4.74 Å². The van der Waals surface area contributed by atoms with E-state index in [1.807, 2.05) is 0 Å². The summed E-state index contributed by atoms with van der Waals surface area (Å²) >= 11 is 0. The first-order chi connectivity index (χ1) is 9.84. The van der Waals surface area contributed by atoms with E-state index in [1.165, 1.54) is 4.90 Å². The number of imide groups is 1. The van der Waals surface area contributed by atoms with Crippen LogP contribution in [0.25, 0.3) is 0 Å². The average Bonchev–Trinajstić information content (AvgIpc) is 2.44. The lowest BCUT2D eigenvalue weighted by atomic mass is 9.97. The molecule has 0 spiro atoms. The SMILES string of the molecule is COc1ccc(CC(=O)N2CC(=O)NC(=O)C2(C)C)cc1. The zero-order chi connectivity index (χ0) is 15.6. The van der Waals surface area contributed by atoms with Crippen LogP contribution in [0, 0.1) is 0 Å². The Kier molecular flexibility index (Phi) is 3.97. The van der Waals surface area contributed by atoms with Crippen LogP contribution in [0.4, 0.5) is 0 Å². The van der Waals surface area contributed by atoms with Crippen LogP contribution in [0.3, 0.4) is 0 Å². The highest BCUT2D eigenvalue weighted by molar-refractivity contribution is 6.06. The summed E-state index contributed by atoms with van der Waals surface area (Å²) in [5.74, 6) is -0.461. The molecule has 1 saturated heterocycles. The van der Waals surface area contributed by atoms with E-state index in [-0.39, 0.29) is 18.9 Å². The van der Waals surface area contributed by atoms with E-state index >= 15 is 0 Å². The van der Waals surface area contributed by atoms with E-state index in [0.717, 1.165) is 5.56 Å². The summed E-state index contributed by atoms with van der Waals surface area (Å²) in [6, 6.07) is 7.11. The highest BCUT2D eigenvalue weighted by Crippen LogP contribution is 2.20. The summed E-state index contributed by atoms with van der Waals surface area (Å²) in [4.78, 5) is 37.0. The van der Waals surface area contributed by atoms with Gasteiger partial charge in [-0.2, -0.15) is 0 Å². The molecule has 3 amide bonds. The lowest BCUT2D eigenvalue weighted by molar-refractivity contribution is -0.155. The molecule has 6 heteroatoms. The average molecular weight is 290 g/mol.